The fourth-order valence-electron chi connectivity index (χ4n) is 4.30. The Hall–Kier alpha value is -2.80. The van der Waals surface area contributed by atoms with E-state index in [4.69, 9.17) is 9.15 Å². The second kappa shape index (κ2) is 10.5. The molecule has 0 spiro atoms. The maximum absolute atomic E-state index is 12.8. The number of benzene rings is 1. The van der Waals surface area contributed by atoms with E-state index in [2.05, 4.69) is 5.32 Å². The van der Waals surface area contributed by atoms with Gasteiger partial charge >= 0.3 is 6.03 Å². The highest BCUT2D eigenvalue weighted by Gasteiger charge is 2.31. The molecule has 1 aromatic heterocycles. The van der Waals surface area contributed by atoms with Crippen LogP contribution in [0.5, 0.6) is 0 Å². The SMILES string of the molecule is O=C(NCc1cccc(COCc2ccco2)c1)[C@H]1CCCN(C(=O)N2CCCC2)C1. The fourth-order valence-corrected chi connectivity index (χ4v) is 4.30. The third kappa shape index (κ3) is 5.88. The van der Waals surface area contributed by atoms with Crippen LogP contribution in [0.4, 0.5) is 4.79 Å². The average molecular weight is 426 g/mol. The molecule has 4 rings (SSSR count). The van der Waals surface area contributed by atoms with Crippen LogP contribution in [0.3, 0.4) is 0 Å². The van der Waals surface area contributed by atoms with Crippen molar-refractivity contribution >= 4 is 11.9 Å². The van der Waals surface area contributed by atoms with Crippen LogP contribution < -0.4 is 5.32 Å². The topological polar surface area (TPSA) is 75.0 Å². The number of ether oxygens (including phenoxy) is 1. The number of hydrogen-bond acceptors (Lipinski definition) is 4. The Bertz CT molecular complexity index is 861. The highest BCUT2D eigenvalue weighted by molar-refractivity contribution is 5.81. The Morgan fingerprint density at radius 2 is 1.81 bits per heavy atom. The van der Waals surface area contributed by atoms with Crippen LogP contribution in [0, 0.1) is 5.92 Å². The molecule has 2 aliphatic rings. The Balaban J connectivity index is 1.23. The van der Waals surface area contributed by atoms with Crippen LogP contribution in [-0.4, -0.2) is 47.9 Å². The molecule has 7 heteroatoms. The predicted octanol–water partition coefficient (Wildman–Crippen LogP) is 3.54. The zero-order valence-electron chi connectivity index (χ0n) is 17.9. The standard InChI is InChI=1S/C24H31N3O4/c28-23(21-8-4-12-27(16-21)24(29)26-10-1-2-11-26)25-15-19-6-3-7-20(14-19)17-30-18-22-9-5-13-31-22/h3,5-7,9,13-14,21H,1-2,4,8,10-12,15-18H2,(H,25,28)/t21-/m0/s1. The van der Waals surface area contributed by atoms with Gasteiger partial charge in [0.15, 0.2) is 0 Å². The molecular formula is C24H31N3O4. The summed E-state index contributed by atoms with van der Waals surface area (Å²) >= 11 is 0. The smallest absolute Gasteiger partial charge is 0.320 e. The number of nitrogens with zero attached hydrogens (tertiary/aromatic N) is 2. The molecule has 1 N–H and O–H groups in total. The van der Waals surface area contributed by atoms with Crippen LogP contribution in [0.1, 0.15) is 42.6 Å². The lowest BCUT2D eigenvalue weighted by molar-refractivity contribution is -0.126. The number of rotatable bonds is 7. The summed E-state index contributed by atoms with van der Waals surface area (Å²) in [6.07, 6.45) is 5.50. The minimum Gasteiger partial charge on any atom is -0.467 e. The molecule has 7 nitrogen and oxygen atoms in total. The largest absolute Gasteiger partial charge is 0.467 e. The van der Waals surface area contributed by atoms with Crippen molar-refractivity contribution in [2.75, 3.05) is 26.2 Å². The molecule has 166 valence electrons. The number of likely N-dealkylation sites (tertiary alicyclic amines) is 2. The molecule has 0 radical (unpaired) electrons. The Kier molecular flexibility index (Phi) is 7.25. The Morgan fingerprint density at radius 3 is 2.61 bits per heavy atom. The second-order valence-corrected chi connectivity index (χ2v) is 8.37. The molecule has 0 aliphatic carbocycles. The highest BCUT2D eigenvalue weighted by Crippen LogP contribution is 2.20. The number of carbonyl (C=O) groups is 2. The Labute approximate surface area is 183 Å². The number of piperidine rings is 1. The molecule has 2 aromatic rings. The van der Waals surface area contributed by atoms with Crippen LogP contribution in [0.15, 0.2) is 47.1 Å². The van der Waals surface area contributed by atoms with Gasteiger partial charge in [0.05, 0.1) is 18.8 Å². The van der Waals surface area contributed by atoms with Crippen molar-refractivity contribution in [1.82, 2.24) is 15.1 Å². The van der Waals surface area contributed by atoms with E-state index >= 15 is 0 Å². The number of carbonyl (C=O) groups excluding carboxylic acids is 2. The summed E-state index contributed by atoms with van der Waals surface area (Å²) in [5.74, 6) is 0.687. The van der Waals surface area contributed by atoms with Crippen molar-refractivity contribution in [3.05, 3.63) is 59.5 Å². The van der Waals surface area contributed by atoms with Crippen LogP contribution >= 0.6 is 0 Å². The molecule has 31 heavy (non-hydrogen) atoms. The Morgan fingerprint density at radius 1 is 1.00 bits per heavy atom. The van der Waals surface area contributed by atoms with Gasteiger partial charge in [0.1, 0.15) is 12.4 Å². The monoisotopic (exact) mass is 425 g/mol. The predicted molar refractivity (Wildman–Crippen MR) is 116 cm³/mol. The van der Waals surface area contributed by atoms with Gasteiger partial charge in [0.25, 0.3) is 0 Å². The summed E-state index contributed by atoms with van der Waals surface area (Å²) in [4.78, 5) is 29.2. The van der Waals surface area contributed by atoms with E-state index in [0.717, 1.165) is 62.2 Å². The summed E-state index contributed by atoms with van der Waals surface area (Å²) < 4.78 is 11.0. The first-order valence-electron chi connectivity index (χ1n) is 11.2. The lowest BCUT2D eigenvalue weighted by Gasteiger charge is -2.34. The van der Waals surface area contributed by atoms with E-state index in [1.54, 1.807) is 6.26 Å². The maximum atomic E-state index is 12.8. The highest BCUT2D eigenvalue weighted by atomic mass is 16.5. The van der Waals surface area contributed by atoms with Gasteiger partial charge in [-0.3, -0.25) is 4.79 Å². The molecule has 0 unspecified atom stereocenters. The molecule has 2 saturated heterocycles. The number of nitrogens with one attached hydrogen (secondary N) is 1. The lowest BCUT2D eigenvalue weighted by Crippen LogP contribution is -2.49. The summed E-state index contributed by atoms with van der Waals surface area (Å²) in [7, 11) is 0. The van der Waals surface area contributed by atoms with E-state index in [9.17, 15) is 9.59 Å². The van der Waals surface area contributed by atoms with E-state index in [-0.39, 0.29) is 17.9 Å². The number of furan rings is 1. The minimum absolute atomic E-state index is 0.0263. The third-order valence-corrected chi connectivity index (χ3v) is 5.99. The number of urea groups is 1. The summed E-state index contributed by atoms with van der Waals surface area (Å²) in [6, 6.07) is 11.9. The first-order valence-corrected chi connectivity index (χ1v) is 11.2. The maximum Gasteiger partial charge on any atom is 0.320 e. The summed E-state index contributed by atoms with van der Waals surface area (Å²) in [6.45, 7) is 4.34. The van der Waals surface area contributed by atoms with Gasteiger partial charge < -0.3 is 24.3 Å². The minimum atomic E-state index is -0.139. The van der Waals surface area contributed by atoms with Gasteiger partial charge in [-0.1, -0.05) is 24.3 Å². The molecule has 2 aliphatic heterocycles. The summed E-state index contributed by atoms with van der Waals surface area (Å²) in [5, 5.41) is 3.06. The van der Waals surface area contributed by atoms with E-state index in [1.807, 2.05) is 46.2 Å². The zero-order chi connectivity index (χ0) is 21.5. The van der Waals surface area contributed by atoms with Crippen molar-refractivity contribution < 1.29 is 18.7 Å². The van der Waals surface area contributed by atoms with Gasteiger partial charge in [0.2, 0.25) is 5.91 Å². The lowest BCUT2D eigenvalue weighted by atomic mass is 9.97. The van der Waals surface area contributed by atoms with Crippen LogP contribution in [0.25, 0.3) is 0 Å². The van der Waals surface area contributed by atoms with Crippen molar-refractivity contribution in [2.45, 2.75) is 45.4 Å². The zero-order valence-corrected chi connectivity index (χ0v) is 17.9. The van der Waals surface area contributed by atoms with Gasteiger partial charge in [-0.05, 0) is 48.9 Å². The van der Waals surface area contributed by atoms with Gasteiger partial charge in [-0.15, -0.1) is 0 Å². The number of amides is 3. The normalized spacial score (nSPS) is 18.9. The molecule has 1 atom stereocenters. The molecular weight excluding hydrogens is 394 g/mol. The van der Waals surface area contributed by atoms with Crippen molar-refractivity contribution in [3.63, 3.8) is 0 Å². The molecule has 1 aromatic carbocycles. The first kappa shape index (κ1) is 21.4. The summed E-state index contributed by atoms with van der Waals surface area (Å²) in [5.41, 5.74) is 2.09. The molecule has 3 heterocycles. The molecule has 0 bridgehead atoms. The average Bonchev–Trinajstić information content (AvgIpc) is 3.52. The van der Waals surface area contributed by atoms with Crippen molar-refractivity contribution in [3.8, 4) is 0 Å². The molecule has 3 amide bonds. The van der Waals surface area contributed by atoms with Crippen molar-refractivity contribution in [1.29, 1.82) is 0 Å². The van der Waals surface area contributed by atoms with E-state index in [1.165, 1.54) is 0 Å². The van der Waals surface area contributed by atoms with E-state index < -0.39 is 0 Å². The van der Waals surface area contributed by atoms with Crippen LogP contribution in [-0.2, 0) is 29.3 Å². The quantitative estimate of drug-likeness (QED) is 0.736. The first-order chi connectivity index (χ1) is 15.2. The van der Waals surface area contributed by atoms with Crippen LogP contribution in [0.2, 0.25) is 0 Å². The second-order valence-electron chi connectivity index (χ2n) is 8.37. The number of hydrogen-bond donors (Lipinski definition) is 1. The van der Waals surface area contributed by atoms with Gasteiger partial charge in [-0.2, -0.15) is 0 Å². The van der Waals surface area contributed by atoms with Gasteiger partial charge in [-0.25, -0.2) is 4.79 Å². The van der Waals surface area contributed by atoms with Gasteiger partial charge in [0, 0.05) is 32.7 Å². The molecule has 2 fully saturated rings. The van der Waals surface area contributed by atoms with E-state index in [0.29, 0.717) is 26.3 Å². The fraction of sp³-hybridized carbons (Fsp3) is 0.500. The van der Waals surface area contributed by atoms with Crippen molar-refractivity contribution in [2.24, 2.45) is 5.92 Å². The molecule has 0 saturated carbocycles. The third-order valence-electron chi connectivity index (χ3n) is 5.99.